The molecule has 0 spiro atoms. The Morgan fingerprint density at radius 1 is 0.941 bits per heavy atom. The second-order valence-corrected chi connectivity index (χ2v) is 6.17. The molecule has 3 saturated carbocycles. The number of hydrogen-bond acceptors (Lipinski definition) is 2. The van der Waals surface area contributed by atoms with Crippen LogP contribution in [0.1, 0.15) is 39.5 Å². The van der Waals surface area contributed by atoms with Gasteiger partial charge in [0.25, 0.3) is 0 Å². The molecule has 3 fully saturated rings. The molecule has 0 unspecified atom stereocenters. The highest BCUT2D eigenvalue weighted by Gasteiger charge is 2.58. The molecule has 0 heterocycles. The molecule has 4 atom stereocenters. The normalized spacial score (nSPS) is 40.4. The Morgan fingerprint density at radius 3 is 1.53 bits per heavy atom. The van der Waals surface area contributed by atoms with E-state index in [0.717, 1.165) is 12.8 Å². The lowest BCUT2D eigenvalue weighted by Gasteiger charge is -2.15. The van der Waals surface area contributed by atoms with Crippen molar-refractivity contribution in [1.29, 1.82) is 0 Å². The van der Waals surface area contributed by atoms with E-state index in [0.29, 0.717) is 36.8 Å². The molecule has 3 aliphatic carbocycles. The van der Waals surface area contributed by atoms with E-state index in [4.69, 9.17) is 0 Å². The van der Waals surface area contributed by atoms with Gasteiger partial charge in [-0.1, -0.05) is 13.8 Å². The second kappa shape index (κ2) is 3.47. The summed E-state index contributed by atoms with van der Waals surface area (Å²) in [6.45, 7) is 4.24. The predicted octanol–water partition coefficient (Wildman–Crippen LogP) is 0.816. The van der Waals surface area contributed by atoms with Crippen LogP contribution < -0.4 is 10.6 Å². The summed E-state index contributed by atoms with van der Waals surface area (Å²) >= 11 is 0. The summed E-state index contributed by atoms with van der Waals surface area (Å²) in [5.74, 6) is 1.08. The predicted molar refractivity (Wildman–Crippen MR) is 63.1 cm³/mol. The van der Waals surface area contributed by atoms with Crippen molar-refractivity contribution in [2.45, 2.75) is 51.6 Å². The van der Waals surface area contributed by atoms with Gasteiger partial charge in [0.15, 0.2) is 0 Å². The van der Waals surface area contributed by atoms with E-state index in [-0.39, 0.29) is 11.8 Å². The van der Waals surface area contributed by atoms with E-state index in [1.165, 1.54) is 0 Å². The van der Waals surface area contributed by atoms with Crippen molar-refractivity contribution in [3.8, 4) is 0 Å². The lowest BCUT2D eigenvalue weighted by atomic mass is 10.1. The first-order valence-electron chi connectivity index (χ1n) is 6.65. The van der Waals surface area contributed by atoms with Gasteiger partial charge in [0.1, 0.15) is 5.41 Å². The lowest BCUT2D eigenvalue weighted by Crippen LogP contribution is -2.44. The molecule has 3 rings (SSSR count). The van der Waals surface area contributed by atoms with Crippen molar-refractivity contribution in [3.05, 3.63) is 0 Å². The SMILES string of the molecule is C[C@@H]1C[C@@H]1NC(=O)C1(C(=O)N[C@H]2C[C@@H]2C)CC1. The highest BCUT2D eigenvalue weighted by molar-refractivity contribution is 6.08. The quantitative estimate of drug-likeness (QED) is 0.710. The van der Waals surface area contributed by atoms with Crippen LogP contribution in [0.4, 0.5) is 0 Å². The molecule has 0 radical (unpaired) electrons. The highest BCUT2D eigenvalue weighted by Crippen LogP contribution is 2.48. The van der Waals surface area contributed by atoms with Gasteiger partial charge in [-0.05, 0) is 37.5 Å². The average Bonchev–Trinajstić information content (AvgIpc) is 3.09. The van der Waals surface area contributed by atoms with E-state index in [2.05, 4.69) is 24.5 Å². The number of nitrogens with one attached hydrogen (secondary N) is 2. The van der Waals surface area contributed by atoms with Gasteiger partial charge in [-0.15, -0.1) is 0 Å². The van der Waals surface area contributed by atoms with E-state index in [9.17, 15) is 9.59 Å². The summed E-state index contributed by atoms with van der Waals surface area (Å²) in [6.07, 6.45) is 3.55. The fraction of sp³-hybridized carbons (Fsp3) is 0.846. The molecule has 0 aliphatic heterocycles. The molecule has 4 nitrogen and oxygen atoms in total. The van der Waals surface area contributed by atoms with Gasteiger partial charge in [-0.3, -0.25) is 9.59 Å². The van der Waals surface area contributed by atoms with Crippen molar-refractivity contribution in [3.63, 3.8) is 0 Å². The molecule has 17 heavy (non-hydrogen) atoms. The van der Waals surface area contributed by atoms with Crippen molar-refractivity contribution in [2.75, 3.05) is 0 Å². The lowest BCUT2D eigenvalue weighted by molar-refractivity contribution is -0.137. The highest BCUT2D eigenvalue weighted by atomic mass is 16.2. The minimum Gasteiger partial charge on any atom is -0.352 e. The molecular formula is C13H20N2O2. The number of amides is 2. The zero-order valence-electron chi connectivity index (χ0n) is 10.5. The third kappa shape index (κ3) is 1.94. The monoisotopic (exact) mass is 236 g/mol. The standard InChI is InChI=1S/C13H20N2O2/c1-7-5-9(7)14-11(16)13(3-4-13)12(17)15-10-6-8(10)2/h7-10H,3-6H2,1-2H3,(H,14,16)(H,15,17)/t7-,8+,9-,10-/m0/s1. The maximum absolute atomic E-state index is 12.1. The molecule has 0 bridgehead atoms. The third-order valence-electron chi connectivity index (χ3n) is 4.47. The summed E-state index contributed by atoms with van der Waals surface area (Å²) in [5.41, 5.74) is -0.718. The van der Waals surface area contributed by atoms with Crippen LogP contribution in [0.25, 0.3) is 0 Å². The molecule has 3 aliphatic rings. The maximum atomic E-state index is 12.1. The van der Waals surface area contributed by atoms with Crippen LogP contribution in [0, 0.1) is 17.3 Å². The van der Waals surface area contributed by atoms with Gasteiger partial charge < -0.3 is 10.6 Å². The van der Waals surface area contributed by atoms with Crippen molar-refractivity contribution in [1.82, 2.24) is 10.6 Å². The van der Waals surface area contributed by atoms with Crippen LogP contribution >= 0.6 is 0 Å². The first-order valence-corrected chi connectivity index (χ1v) is 6.65. The maximum Gasteiger partial charge on any atom is 0.235 e. The summed E-state index contributed by atoms with van der Waals surface area (Å²) in [4.78, 5) is 24.2. The molecule has 0 aromatic rings. The number of carbonyl (C=O) groups excluding carboxylic acids is 2. The zero-order chi connectivity index (χ0) is 12.2. The van der Waals surface area contributed by atoms with Crippen LogP contribution in [-0.4, -0.2) is 23.9 Å². The van der Waals surface area contributed by atoms with E-state index in [1.54, 1.807) is 0 Å². The van der Waals surface area contributed by atoms with E-state index in [1.807, 2.05) is 0 Å². The fourth-order valence-corrected chi connectivity index (χ4v) is 2.34. The van der Waals surface area contributed by atoms with Crippen molar-refractivity contribution in [2.24, 2.45) is 17.3 Å². The van der Waals surface area contributed by atoms with E-state index < -0.39 is 5.41 Å². The minimum absolute atomic E-state index is 0.0438. The summed E-state index contributed by atoms with van der Waals surface area (Å²) in [5, 5.41) is 5.98. The first-order chi connectivity index (χ1) is 8.03. The Labute approximate surface area is 102 Å². The summed E-state index contributed by atoms with van der Waals surface area (Å²) in [7, 11) is 0. The Balaban J connectivity index is 1.56. The van der Waals surface area contributed by atoms with Crippen molar-refractivity contribution < 1.29 is 9.59 Å². The molecular weight excluding hydrogens is 216 g/mol. The topological polar surface area (TPSA) is 58.2 Å². The number of rotatable bonds is 4. The zero-order valence-corrected chi connectivity index (χ0v) is 10.5. The van der Waals surface area contributed by atoms with Gasteiger partial charge in [-0.2, -0.15) is 0 Å². The molecule has 2 amide bonds. The number of hydrogen-bond donors (Lipinski definition) is 2. The largest absolute Gasteiger partial charge is 0.352 e. The summed E-state index contributed by atoms with van der Waals surface area (Å²) in [6, 6.07) is 0.625. The molecule has 4 heteroatoms. The fourth-order valence-electron chi connectivity index (χ4n) is 2.34. The van der Waals surface area contributed by atoms with Crippen LogP contribution in [0.5, 0.6) is 0 Å². The van der Waals surface area contributed by atoms with Crippen LogP contribution in [0.3, 0.4) is 0 Å². The van der Waals surface area contributed by atoms with Gasteiger partial charge >= 0.3 is 0 Å². The second-order valence-electron chi connectivity index (χ2n) is 6.17. The van der Waals surface area contributed by atoms with Gasteiger partial charge in [0, 0.05) is 12.1 Å². The third-order valence-corrected chi connectivity index (χ3v) is 4.47. The van der Waals surface area contributed by atoms with Crippen LogP contribution in [0.15, 0.2) is 0 Å². The first kappa shape index (κ1) is 11.1. The molecule has 0 aromatic carbocycles. The molecule has 2 N–H and O–H groups in total. The average molecular weight is 236 g/mol. The Morgan fingerprint density at radius 2 is 1.29 bits per heavy atom. The van der Waals surface area contributed by atoms with Crippen molar-refractivity contribution >= 4 is 11.8 Å². The van der Waals surface area contributed by atoms with Crippen LogP contribution in [-0.2, 0) is 9.59 Å². The Kier molecular flexibility index (Phi) is 2.25. The summed E-state index contributed by atoms with van der Waals surface area (Å²) < 4.78 is 0. The Hall–Kier alpha value is -1.06. The number of carbonyl (C=O) groups is 2. The van der Waals surface area contributed by atoms with Gasteiger partial charge in [0.05, 0.1) is 0 Å². The Bertz CT molecular complexity index is 344. The van der Waals surface area contributed by atoms with Crippen LogP contribution in [0.2, 0.25) is 0 Å². The smallest absolute Gasteiger partial charge is 0.235 e. The molecule has 0 aromatic heterocycles. The van der Waals surface area contributed by atoms with E-state index >= 15 is 0 Å². The molecule has 94 valence electrons. The van der Waals surface area contributed by atoms with Gasteiger partial charge in [-0.25, -0.2) is 0 Å². The van der Waals surface area contributed by atoms with Gasteiger partial charge in [0.2, 0.25) is 11.8 Å². The minimum atomic E-state index is -0.718. The molecule has 0 saturated heterocycles.